The zero-order valence-corrected chi connectivity index (χ0v) is 15.7. The van der Waals surface area contributed by atoms with E-state index in [0.717, 1.165) is 25.2 Å². The van der Waals surface area contributed by atoms with Crippen LogP contribution >= 0.6 is 0 Å². The molecule has 3 rings (SSSR count). The van der Waals surface area contributed by atoms with Crippen LogP contribution in [-0.4, -0.2) is 23.0 Å². The van der Waals surface area contributed by atoms with Gasteiger partial charge in [-0.15, -0.1) is 0 Å². The lowest BCUT2D eigenvalue weighted by atomic mass is 10.00. The third kappa shape index (κ3) is 4.22. The van der Waals surface area contributed by atoms with E-state index in [1.807, 2.05) is 6.07 Å². The van der Waals surface area contributed by atoms with Crippen LogP contribution in [0.5, 0.6) is 0 Å². The van der Waals surface area contributed by atoms with Gasteiger partial charge in [-0.25, -0.2) is 0 Å². The molecule has 1 heterocycles. The molecule has 0 saturated carbocycles. The summed E-state index contributed by atoms with van der Waals surface area (Å²) >= 11 is 0. The molecule has 0 amide bonds. The van der Waals surface area contributed by atoms with Crippen LogP contribution in [-0.2, 0) is 17.7 Å². The molecule has 0 aliphatic carbocycles. The average molecular weight is 336 g/mol. The number of rotatable bonds is 6. The molecular formula is C22H28N2O. The lowest BCUT2D eigenvalue weighted by Gasteiger charge is -2.36. The van der Waals surface area contributed by atoms with Crippen LogP contribution in [0.1, 0.15) is 37.5 Å². The summed E-state index contributed by atoms with van der Waals surface area (Å²) in [5.41, 5.74) is 3.39. The van der Waals surface area contributed by atoms with Crippen LogP contribution in [0.4, 0.5) is 0 Å². The molecule has 1 unspecified atom stereocenters. The summed E-state index contributed by atoms with van der Waals surface area (Å²) in [6, 6.07) is 19.2. The molecule has 0 fully saturated rings. The Morgan fingerprint density at radius 3 is 2.32 bits per heavy atom. The molecule has 0 aromatic heterocycles. The van der Waals surface area contributed by atoms with E-state index in [2.05, 4.69) is 86.3 Å². The van der Waals surface area contributed by atoms with Crippen molar-refractivity contribution in [1.82, 2.24) is 4.90 Å². The lowest BCUT2D eigenvalue weighted by Crippen LogP contribution is -2.49. The lowest BCUT2D eigenvalue weighted by molar-refractivity contribution is -0.0861. The minimum absolute atomic E-state index is 0.425. The maximum absolute atomic E-state index is 5.98. The number of hydrogen-bond donors (Lipinski definition) is 0. The highest BCUT2D eigenvalue weighted by Gasteiger charge is 2.41. The molecule has 3 heteroatoms. The van der Waals surface area contributed by atoms with E-state index in [-0.39, 0.29) is 0 Å². The minimum Gasteiger partial charge on any atom is -0.365 e. The van der Waals surface area contributed by atoms with Crippen LogP contribution in [0, 0.1) is 12.8 Å². The summed E-state index contributed by atoms with van der Waals surface area (Å²) in [7, 11) is 0. The van der Waals surface area contributed by atoms with E-state index in [1.54, 1.807) is 0 Å². The summed E-state index contributed by atoms with van der Waals surface area (Å²) in [5, 5.41) is 4.48. The number of hydrogen-bond acceptors (Lipinski definition) is 3. The number of nitrogens with zero attached hydrogens (tertiary/aromatic N) is 2. The first-order valence-electron chi connectivity index (χ1n) is 9.08. The van der Waals surface area contributed by atoms with Crippen molar-refractivity contribution >= 4 is 5.84 Å². The van der Waals surface area contributed by atoms with Crippen molar-refractivity contribution in [2.24, 2.45) is 11.1 Å². The van der Waals surface area contributed by atoms with Crippen LogP contribution in [0.2, 0.25) is 0 Å². The average Bonchev–Trinajstić information content (AvgIpc) is 2.87. The Kier molecular flexibility index (Phi) is 5.12. The van der Waals surface area contributed by atoms with Crippen molar-refractivity contribution in [2.45, 2.75) is 46.3 Å². The standard InChI is InChI=1S/C22H28N2O/c1-17(2)16-24-21(14-19-12-10-18(3)11-13-19)23-25-22(24,4)15-20-8-6-5-7-9-20/h5-13,17H,14-16H2,1-4H3. The van der Waals surface area contributed by atoms with E-state index < -0.39 is 5.72 Å². The molecule has 0 N–H and O–H groups in total. The van der Waals surface area contributed by atoms with Crippen LogP contribution in [0.25, 0.3) is 0 Å². The fourth-order valence-corrected chi connectivity index (χ4v) is 3.30. The second-order valence-electron chi connectivity index (χ2n) is 7.60. The molecule has 25 heavy (non-hydrogen) atoms. The van der Waals surface area contributed by atoms with Crippen LogP contribution < -0.4 is 0 Å². The number of benzene rings is 2. The highest BCUT2D eigenvalue weighted by molar-refractivity contribution is 5.85. The van der Waals surface area contributed by atoms with Gasteiger partial charge in [-0.05, 0) is 30.9 Å². The third-order valence-corrected chi connectivity index (χ3v) is 4.64. The quantitative estimate of drug-likeness (QED) is 0.757. The Balaban J connectivity index is 1.80. The SMILES string of the molecule is Cc1ccc(CC2=NOC(C)(Cc3ccccc3)N2CC(C)C)cc1. The van der Waals surface area contributed by atoms with Gasteiger partial charge < -0.3 is 9.74 Å². The molecule has 2 aromatic rings. The molecule has 1 atom stereocenters. The Morgan fingerprint density at radius 1 is 1.00 bits per heavy atom. The molecule has 2 aromatic carbocycles. The number of oxime groups is 1. The molecule has 1 aliphatic heterocycles. The third-order valence-electron chi connectivity index (χ3n) is 4.64. The number of aryl methyl sites for hydroxylation is 1. The van der Waals surface area contributed by atoms with Gasteiger partial charge in [0.05, 0.1) is 0 Å². The van der Waals surface area contributed by atoms with Crippen LogP contribution in [0.15, 0.2) is 59.8 Å². The summed E-state index contributed by atoms with van der Waals surface area (Å²) in [6.45, 7) is 9.68. The van der Waals surface area contributed by atoms with Crippen LogP contribution in [0.3, 0.4) is 0 Å². The smallest absolute Gasteiger partial charge is 0.212 e. The zero-order chi connectivity index (χ0) is 17.9. The highest BCUT2D eigenvalue weighted by Crippen LogP contribution is 2.30. The van der Waals surface area contributed by atoms with Gasteiger partial charge in [0.15, 0.2) is 5.84 Å². The van der Waals surface area contributed by atoms with Gasteiger partial charge in [0.2, 0.25) is 5.72 Å². The van der Waals surface area contributed by atoms with Crippen molar-refractivity contribution < 1.29 is 4.84 Å². The molecule has 0 saturated heterocycles. The maximum atomic E-state index is 5.98. The monoisotopic (exact) mass is 336 g/mol. The van der Waals surface area contributed by atoms with Crippen molar-refractivity contribution in [1.29, 1.82) is 0 Å². The Morgan fingerprint density at radius 2 is 1.68 bits per heavy atom. The second-order valence-corrected chi connectivity index (χ2v) is 7.60. The first-order valence-corrected chi connectivity index (χ1v) is 9.08. The molecule has 1 aliphatic rings. The van der Waals surface area contributed by atoms with Crippen molar-refractivity contribution in [3.05, 3.63) is 71.3 Å². The summed E-state index contributed by atoms with van der Waals surface area (Å²) in [5.74, 6) is 1.57. The first-order chi connectivity index (χ1) is 12.0. The van der Waals surface area contributed by atoms with Gasteiger partial charge in [0.25, 0.3) is 0 Å². The van der Waals surface area contributed by atoms with Gasteiger partial charge >= 0.3 is 0 Å². The van der Waals surface area contributed by atoms with E-state index in [4.69, 9.17) is 4.84 Å². The zero-order valence-electron chi connectivity index (χ0n) is 15.7. The predicted molar refractivity (Wildman–Crippen MR) is 103 cm³/mol. The maximum Gasteiger partial charge on any atom is 0.212 e. The molecule has 0 spiro atoms. The van der Waals surface area contributed by atoms with Gasteiger partial charge in [0.1, 0.15) is 0 Å². The van der Waals surface area contributed by atoms with Gasteiger partial charge in [-0.1, -0.05) is 79.2 Å². The van der Waals surface area contributed by atoms with Crippen molar-refractivity contribution in [2.75, 3.05) is 6.54 Å². The summed E-state index contributed by atoms with van der Waals surface area (Å²) < 4.78 is 0. The second kappa shape index (κ2) is 7.30. The van der Waals surface area contributed by atoms with Gasteiger partial charge in [-0.2, -0.15) is 0 Å². The summed E-state index contributed by atoms with van der Waals surface area (Å²) in [4.78, 5) is 8.33. The number of amidine groups is 1. The fourth-order valence-electron chi connectivity index (χ4n) is 3.30. The highest BCUT2D eigenvalue weighted by atomic mass is 16.7. The van der Waals surface area contributed by atoms with E-state index in [9.17, 15) is 0 Å². The Bertz CT molecular complexity index is 721. The molecule has 3 nitrogen and oxygen atoms in total. The molecule has 0 bridgehead atoms. The minimum atomic E-state index is -0.425. The van der Waals surface area contributed by atoms with E-state index in [0.29, 0.717) is 5.92 Å². The van der Waals surface area contributed by atoms with E-state index in [1.165, 1.54) is 16.7 Å². The summed E-state index contributed by atoms with van der Waals surface area (Å²) in [6.07, 6.45) is 1.62. The normalized spacial score (nSPS) is 19.9. The molecular weight excluding hydrogens is 308 g/mol. The molecule has 0 radical (unpaired) electrons. The van der Waals surface area contributed by atoms with Crippen molar-refractivity contribution in [3.8, 4) is 0 Å². The predicted octanol–water partition coefficient (Wildman–Crippen LogP) is 4.80. The van der Waals surface area contributed by atoms with Gasteiger partial charge in [-0.3, -0.25) is 0 Å². The van der Waals surface area contributed by atoms with Crippen molar-refractivity contribution in [3.63, 3.8) is 0 Å². The van der Waals surface area contributed by atoms with Gasteiger partial charge in [0, 0.05) is 19.4 Å². The Hall–Kier alpha value is -2.29. The molecule has 132 valence electrons. The van der Waals surface area contributed by atoms with E-state index >= 15 is 0 Å². The fraction of sp³-hybridized carbons (Fsp3) is 0.409. The Labute approximate surface area is 151 Å². The topological polar surface area (TPSA) is 24.8 Å². The largest absolute Gasteiger partial charge is 0.365 e. The first kappa shape index (κ1) is 17.5.